The molecule has 0 aromatic carbocycles. The third-order valence-corrected chi connectivity index (χ3v) is 3.67. The first-order valence-corrected chi connectivity index (χ1v) is 6.68. The molecular weight excluding hydrogens is 299 g/mol. The molecule has 1 fully saturated rings. The van der Waals surface area contributed by atoms with E-state index in [0.717, 1.165) is 11.9 Å². The van der Waals surface area contributed by atoms with Crippen LogP contribution in [0.2, 0.25) is 0 Å². The van der Waals surface area contributed by atoms with Gasteiger partial charge in [0, 0.05) is 32.5 Å². The summed E-state index contributed by atoms with van der Waals surface area (Å²) in [5, 5.41) is 6.99. The van der Waals surface area contributed by atoms with Crippen LogP contribution in [-0.2, 0) is 10.9 Å². The van der Waals surface area contributed by atoms with Crippen LogP contribution in [0.25, 0.3) is 0 Å². The van der Waals surface area contributed by atoms with Crippen molar-refractivity contribution in [2.75, 3.05) is 18.6 Å². The van der Waals surface area contributed by atoms with Crippen LogP contribution in [0.4, 0.5) is 19.0 Å². The number of methoxy groups -OCH3 is 1. The summed E-state index contributed by atoms with van der Waals surface area (Å²) in [4.78, 5) is 9.09. The van der Waals surface area contributed by atoms with E-state index in [-0.39, 0.29) is 12.1 Å². The van der Waals surface area contributed by atoms with Crippen molar-refractivity contribution in [3.8, 4) is 0 Å². The Hall–Kier alpha value is -2.16. The van der Waals surface area contributed by atoms with Crippen molar-refractivity contribution in [2.24, 2.45) is 0 Å². The summed E-state index contributed by atoms with van der Waals surface area (Å²) >= 11 is 0. The van der Waals surface area contributed by atoms with Crippen molar-refractivity contribution in [3.63, 3.8) is 0 Å². The monoisotopic (exact) mass is 313 g/mol. The Morgan fingerprint density at radius 1 is 1.32 bits per heavy atom. The van der Waals surface area contributed by atoms with Crippen LogP contribution in [0.15, 0.2) is 24.5 Å². The molecule has 3 heterocycles. The molecular formula is C13H14F3N5O. The van der Waals surface area contributed by atoms with Gasteiger partial charge in [-0.05, 0) is 12.1 Å². The van der Waals surface area contributed by atoms with Gasteiger partial charge in [0.15, 0.2) is 11.5 Å². The first kappa shape index (κ1) is 14.8. The molecule has 1 aliphatic heterocycles. The summed E-state index contributed by atoms with van der Waals surface area (Å²) in [6.45, 7) is 0.516. The summed E-state index contributed by atoms with van der Waals surface area (Å²) < 4.78 is 43.0. The summed E-state index contributed by atoms with van der Waals surface area (Å²) in [7, 11) is 1.60. The molecule has 0 amide bonds. The summed E-state index contributed by atoms with van der Waals surface area (Å²) in [6.07, 6.45) is -0.532. The number of alkyl halides is 3. The Morgan fingerprint density at radius 3 is 2.68 bits per heavy atom. The number of nitrogens with zero attached hydrogens (tertiary/aromatic N) is 4. The number of hydrogen-bond acceptors (Lipinski definition) is 5. The van der Waals surface area contributed by atoms with Gasteiger partial charge in [0.05, 0.1) is 12.1 Å². The zero-order chi connectivity index (χ0) is 15.7. The zero-order valence-corrected chi connectivity index (χ0v) is 11.7. The van der Waals surface area contributed by atoms with Crippen LogP contribution in [0.3, 0.4) is 0 Å². The van der Waals surface area contributed by atoms with Crippen LogP contribution < -0.4 is 4.90 Å². The van der Waals surface area contributed by atoms with Gasteiger partial charge in [0.25, 0.3) is 0 Å². The minimum atomic E-state index is -4.49. The van der Waals surface area contributed by atoms with E-state index in [1.807, 2.05) is 4.90 Å². The van der Waals surface area contributed by atoms with Gasteiger partial charge in [-0.2, -0.15) is 13.2 Å². The van der Waals surface area contributed by atoms with Crippen LogP contribution in [-0.4, -0.2) is 39.9 Å². The molecule has 2 aromatic heterocycles. The lowest BCUT2D eigenvalue weighted by Gasteiger charge is -2.23. The van der Waals surface area contributed by atoms with Crippen LogP contribution in [0.1, 0.15) is 24.0 Å². The fourth-order valence-electron chi connectivity index (χ4n) is 2.57. The average Bonchev–Trinajstić information content (AvgIpc) is 3.15. The molecule has 0 bridgehead atoms. The maximum atomic E-state index is 12.6. The Bertz CT molecular complexity index is 614. The first-order valence-electron chi connectivity index (χ1n) is 6.68. The predicted molar refractivity (Wildman–Crippen MR) is 71.1 cm³/mol. The second-order valence-electron chi connectivity index (χ2n) is 5.01. The largest absolute Gasteiger partial charge is 0.435 e. The molecule has 1 saturated heterocycles. The van der Waals surface area contributed by atoms with E-state index >= 15 is 0 Å². The lowest BCUT2D eigenvalue weighted by molar-refractivity contribution is -0.141. The number of imidazole rings is 1. The Balaban J connectivity index is 1.88. The molecule has 3 rings (SSSR count). The van der Waals surface area contributed by atoms with Gasteiger partial charge in [0.1, 0.15) is 5.82 Å². The van der Waals surface area contributed by atoms with Crippen molar-refractivity contribution >= 4 is 5.82 Å². The van der Waals surface area contributed by atoms with Gasteiger partial charge in [0.2, 0.25) is 0 Å². The highest BCUT2D eigenvalue weighted by molar-refractivity contribution is 5.42. The van der Waals surface area contributed by atoms with Gasteiger partial charge < -0.3 is 14.6 Å². The maximum absolute atomic E-state index is 12.6. The number of aromatic amines is 1. The smallest absolute Gasteiger partial charge is 0.380 e. The van der Waals surface area contributed by atoms with Crippen LogP contribution in [0.5, 0.6) is 0 Å². The molecule has 0 spiro atoms. The van der Waals surface area contributed by atoms with Crippen molar-refractivity contribution in [1.82, 2.24) is 20.2 Å². The quantitative estimate of drug-likeness (QED) is 0.941. The minimum Gasteiger partial charge on any atom is -0.380 e. The van der Waals surface area contributed by atoms with E-state index in [4.69, 9.17) is 4.74 Å². The number of ether oxygens (including phenoxy) is 1. The minimum absolute atomic E-state index is 0.0424. The van der Waals surface area contributed by atoms with Crippen molar-refractivity contribution in [2.45, 2.75) is 24.7 Å². The standard InChI is InChI=1S/C13H14F3N5O/c1-22-8-6-9(12-17-4-5-18-12)21(7-8)11-3-2-10(19-20-11)13(14,15)16/h2-5,8-9H,6-7H2,1H3,(H,17,18)/t8-,9+/m1/s1. The van der Waals surface area contributed by atoms with Gasteiger partial charge in [-0.1, -0.05) is 0 Å². The molecule has 0 saturated carbocycles. The molecule has 9 heteroatoms. The highest BCUT2D eigenvalue weighted by Gasteiger charge is 2.37. The fourth-order valence-corrected chi connectivity index (χ4v) is 2.57. The SMILES string of the molecule is CO[C@@H]1C[C@@H](c2ncc[nH]2)N(c2ccc(C(F)(F)F)nn2)C1. The molecule has 1 aliphatic rings. The highest BCUT2D eigenvalue weighted by atomic mass is 19.4. The third-order valence-electron chi connectivity index (χ3n) is 3.67. The second-order valence-corrected chi connectivity index (χ2v) is 5.01. The lowest BCUT2D eigenvalue weighted by atomic mass is 10.2. The number of H-pyrrole nitrogens is 1. The van der Waals surface area contributed by atoms with E-state index in [0.29, 0.717) is 18.8 Å². The van der Waals surface area contributed by atoms with Crippen molar-refractivity contribution in [3.05, 3.63) is 36.0 Å². The average molecular weight is 313 g/mol. The molecule has 6 nitrogen and oxygen atoms in total. The van der Waals surface area contributed by atoms with Gasteiger partial charge >= 0.3 is 6.18 Å². The number of halogens is 3. The molecule has 118 valence electrons. The van der Waals surface area contributed by atoms with Gasteiger partial charge in [-0.25, -0.2) is 4.98 Å². The number of aromatic nitrogens is 4. The van der Waals surface area contributed by atoms with Crippen molar-refractivity contribution in [1.29, 1.82) is 0 Å². The molecule has 2 atom stereocenters. The first-order chi connectivity index (χ1) is 10.5. The Labute approximate surface area is 124 Å². The van der Waals surface area contributed by atoms with E-state index in [9.17, 15) is 13.2 Å². The summed E-state index contributed by atoms with van der Waals surface area (Å²) in [6, 6.07) is 2.12. The van der Waals surface area contributed by atoms with Crippen LogP contribution in [0, 0.1) is 0 Å². The van der Waals surface area contributed by atoms with E-state index in [1.165, 1.54) is 6.07 Å². The van der Waals surface area contributed by atoms with Crippen LogP contribution >= 0.6 is 0 Å². The zero-order valence-electron chi connectivity index (χ0n) is 11.7. The molecule has 22 heavy (non-hydrogen) atoms. The Morgan fingerprint density at radius 2 is 2.14 bits per heavy atom. The maximum Gasteiger partial charge on any atom is 0.435 e. The highest BCUT2D eigenvalue weighted by Crippen LogP contribution is 2.35. The second kappa shape index (κ2) is 5.56. The summed E-state index contributed by atoms with van der Waals surface area (Å²) in [5.74, 6) is 1.09. The topological polar surface area (TPSA) is 66.9 Å². The number of rotatable bonds is 3. The van der Waals surface area contributed by atoms with Gasteiger partial charge in [-0.3, -0.25) is 0 Å². The molecule has 0 aliphatic carbocycles. The molecule has 2 aromatic rings. The number of hydrogen-bond donors (Lipinski definition) is 1. The molecule has 1 N–H and O–H groups in total. The Kier molecular flexibility index (Phi) is 3.73. The fraction of sp³-hybridized carbons (Fsp3) is 0.462. The number of nitrogens with one attached hydrogen (secondary N) is 1. The normalized spacial score (nSPS) is 22.3. The van der Waals surface area contributed by atoms with E-state index in [1.54, 1.807) is 19.5 Å². The lowest BCUT2D eigenvalue weighted by Crippen LogP contribution is -2.27. The molecule has 0 radical (unpaired) electrons. The van der Waals surface area contributed by atoms with Gasteiger partial charge in [-0.15, -0.1) is 10.2 Å². The molecule has 0 unspecified atom stereocenters. The number of anilines is 1. The van der Waals surface area contributed by atoms with E-state index < -0.39 is 11.9 Å². The summed E-state index contributed by atoms with van der Waals surface area (Å²) in [5.41, 5.74) is -1.01. The van der Waals surface area contributed by atoms with E-state index in [2.05, 4.69) is 20.2 Å². The van der Waals surface area contributed by atoms with Crippen molar-refractivity contribution < 1.29 is 17.9 Å². The third kappa shape index (κ3) is 2.76. The predicted octanol–water partition coefficient (Wildman–Crippen LogP) is 2.18.